The summed E-state index contributed by atoms with van der Waals surface area (Å²) in [6.07, 6.45) is 5.76. The lowest BCUT2D eigenvalue weighted by molar-refractivity contribution is -0.114. The zero-order chi connectivity index (χ0) is 11.8. The Morgan fingerprint density at radius 2 is 1.88 bits per heavy atom. The topological polar surface area (TPSA) is 17.1 Å². The molecule has 16 heavy (non-hydrogen) atoms. The van der Waals surface area contributed by atoms with Crippen LogP contribution in [0.2, 0.25) is 0 Å². The van der Waals surface area contributed by atoms with E-state index in [4.69, 9.17) is 0 Å². The predicted molar refractivity (Wildman–Crippen MR) is 69.2 cm³/mol. The van der Waals surface area contributed by atoms with Gasteiger partial charge in [0.1, 0.15) is 0 Å². The summed E-state index contributed by atoms with van der Waals surface area (Å²) in [4.78, 5) is 11.6. The van der Waals surface area contributed by atoms with Gasteiger partial charge in [0.2, 0.25) is 0 Å². The molecule has 0 N–H and O–H groups in total. The molecule has 0 amide bonds. The van der Waals surface area contributed by atoms with Crippen LogP contribution in [0.5, 0.6) is 0 Å². The molecule has 0 fully saturated rings. The molecule has 0 atom stereocenters. The van der Waals surface area contributed by atoms with E-state index in [1.165, 1.54) is 0 Å². The van der Waals surface area contributed by atoms with Crippen molar-refractivity contribution in [3.63, 3.8) is 0 Å². The lowest BCUT2D eigenvalue weighted by atomic mass is 10.0. The molecule has 0 bridgehead atoms. The molecule has 0 saturated heterocycles. The zero-order valence-corrected chi connectivity index (χ0v) is 10.2. The Kier molecular flexibility index (Phi) is 5.55. The van der Waals surface area contributed by atoms with Crippen LogP contribution >= 0.6 is 0 Å². The van der Waals surface area contributed by atoms with Gasteiger partial charge >= 0.3 is 0 Å². The van der Waals surface area contributed by atoms with Gasteiger partial charge < -0.3 is 0 Å². The van der Waals surface area contributed by atoms with Gasteiger partial charge in [0, 0.05) is 6.42 Å². The average Bonchev–Trinajstić information content (AvgIpc) is 2.30. The Morgan fingerprint density at radius 3 is 2.50 bits per heavy atom. The summed E-state index contributed by atoms with van der Waals surface area (Å²) < 4.78 is 0. The molecule has 0 aromatic heterocycles. The molecule has 1 rings (SSSR count). The Morgan fingerprint density at radius 1 is 1.19 bits per heavy atom. The Bertz CT molecular complexity index is 349. The maximum Gasteiger partial charge on any atom is 0.155 e. The van der Waals surface area contributed by atoms with E-state index in [0.29, 0.717) is 6.42 Å². The molecule has 0 spiro atoms. The maximum atomic E-state index is 11.6. The largest absolute Gasteiger partial charge is 0.295 e. The molecule has 0 heterocycles. The van der Waals surface area contributed by atoms with Crippen LogP contribution in [0.3, 0.4) is 0 Å². The monoisotopic (exact) mass is 216 g/mol. The maximum absolute atomic E-state index is 11.6. The first-order valence-electron chi connectivity index (χ1n) is 6.00. The number of benzene rings is 1. The van der Waals surface area contributed by atoms with Crippen LogP contribution in [0.25, 0.3) is 5.57 Å². The molecule has 1 aromatic rings. The number of rotatable bonds is 6. The van der Waals surface area contributed by atoms with E-state index in [-0.39, 0.29) is 5.78 Å². The van der Waals surface area contributed by atoms with Crippen LogP contribution in [0.1, 0.15) is 45.1 Å². The van der Waals surface area contributed by atoms with Crippen molar-refractivity contribution in [2.45, 2.75) is 39.5 Å². The van der Waals surface area contributed by atoms with E-state index in [2.05, 4.69) is 6.92 Å². The van der Waals surface area contributed by atoms with Crippen molar-refractivity contribution in [3.05, 3.63) is 42.0 Å². The number of hydrogen-bond acceptors (Lipinski definition) is 1. The first-order chi connectivity index (χ1) is 7.74. The molecule has 0 aliphatic rings. The van der Waals surface area contributed by atoms with Crippen molar-refractivity contribution >= 4 is 11.4 Å². The highest BCUT2D eigenvalue weighted by atomic mass is 16.1. The first-order valence-corrected chi connectivity index (χ1v) is 6.00. The highest BCUT2D eigenvalue weighted by molar-refractivity contribution is 5.96. The van der Waals surface area contributed by atoms with Crippen LogP contribution in [0.15, 0.2) is 36.4 Å². The molecule has 0 aliphatic heterocycles. The van der Waals surface area contributed by atoms with Crippen LogP contribution in [-0.2, 0) is 4.79 Å². The van der Waals surface area contributed by atoms with Crippen molar-refractivity contribution in [3.8, 4) is 0 Å². The zero-order valence-electron chi connectivity index (χ0n) is 10.2. The Balaban J connectivity index is 2.53. The van der Waals surface area contributed by atoms with Crippen molar-refractivity contribution in [2.75, 3.05) is 0 Å². The van der Waals surface area contributed by atoms with E-state index < -0.39 is 0 Å². The highest BCUT2D eigenvalue weighted by Gasteiger charge is 2.00. The average molecular weight is 216 g/mol. The summed E-state index contributed by atoms with van der Waals surface area (Å²) in [5.74, 6) is 0.245. The van der Waals surface area contributed by atoms with Gasteiger partial charge in [-0.3, -0.25) is 4.79 Å². The third kappa shape index (κ3) is 4.43. The molecule has 1 aromatic carbocycles. The summed E-state index contributed by atoms with van der Waals surface area (Å²) in [5, 5.41) is 0. The van der Waals surface area contributed by atoms with Gasteiger partial charge in [-0.2, -0.15) is 0 Å². The van der Waals surface area contributed by atoms with E-state index in [9.17, 15) is 4.79 Å². The van der Waals surface area contributed by atoms with Gasteiger partial charge in [0.05, 0.1) is 0 Å². The fourth-order valence-corrected chi connectivity index (χ4v) is 1.65. The van der Waals surface area contributed by atoms with Crippen LogP contribution in [0.4, 0.5) is 0 Å². The third-order valence-electron chi connectivity index (χ3n) is 2.63. The number of hydrogen-bond donors (Lipinski definition) is 0. The van der Waals surface area contributed by atoms with Crippen LogP contribution in [0, 0.1) is 0 Å². The first kappa shape index (κ1) is 12.7. The number of unbranched alkanes of at least 4 members (excludes halogenated alkanes) is 2. The minimum absolute atomic E-state index is 0.245. The molecule has 0 radical (unpaired) electrons. The van der Waals surface area contributed by atoms with Gasteiger partial charge in [-0.25, -0.2) is 0 Å². The number of allylic oxidation sites excluding steroid dienone is 2. The van der Waals surface area contributed by atoms with Gasteiger partial charge in [0.15, 0.2) is 5.78 Å². The van der Waals surface area contributed by atoms with Crippen molar-refractivity contribution in [1.82, 2.24) is 0 Å². The summed E-state index contributed by atoms with van der Waals surface area (Å²) in [7, 11) is 0. The number of carbonyl (C=O) groups is 1. The fourth-order valence-electron chi connectivity index (χ4n) is 1.65. The van der Waals surface area contributed by atoms with Crippen molar-refractivity contribution in [2.24, 2.45) is 0 Å². The standard InChI is InChI=1S/C15H20O/c1-3-4-6-11-15(16)12-13(2)14-9-7-5-8-10-14/h5,7-10,12H,3-4,6,11H2,1-2H3/b13-12+. The lowest BCUT2D eigenvalue weighted by Gasteiger charge is -2.01. The second-order valence-corrected chi connectivity index (χ2v) is 4.12. The van der Waals surface area contributed by atoms with E-state index >= 15 is 0 Å². The van der Waals surface area contributed by atoms with Gasteiger partial charge in [0.25, 0.3) is 0 Å². The van der Waals surface area contributed by atoms with Gasteiger partial charge in [-0.15, -0.1) is 0 Å². The van der Waals surface area contributed by atoms with Crippen molar-refractivity contribution in [1.29, 1.82) is 0 Å². The Hall–Kier alpha value is -1.37. The van der Waals surface area contributed by atoms with Gasteiger partial charge in [-0.1, -0.05) is 50.1 Å². The number of carbonyl (C=O) groups excluding carboxylic acids is 1. The van der Waals surface area contributed by atoms with E-state index in [1.807, 2.05) is 37.3 Å². The van der Waals surface area contributed by atoms with Crippen LogP contribution < -0.4 is 0 Å². The molecule has 1 nitrogen and oxygen atoms in total. The highest BCUT2D eigenvalue weighted by Crippen LogP contribution is 2.13. The molecule has 0 saturated carbocycles. The quantitative estimate of drug-likeness (QED) is 0.513. The SMILES string of the molecule is CCCCCC(=O)/C=C(\C)c1ccccc1. The predicted octanol–water partition coefficient (Wildman–Crippen LogP) is 4.24. The van der Waals surface area contributed by atoms with E-state index in [1.54, 1.807) is 6.08 Å². The third-order valence-corrected chi connectivity index (χ3v) is 2.63. The number of ketones is 1. The summed E-state index contributed by atoms with van der Waals surface area (Å²) in [5.41, 5.74) is 2.19. The lowest BCUT2D eigenvalue weighted by Crippen LogP contribution is -1.94. The smallest absolute Gasteiger partial charge is 0.155 e. The van der Waals surface area contributed by atoms with Gasteiger partial charge in [-0.05, 0) is 30.6 Å². The Labute approximate surface area is 98.2 Å². The minimum Gasteiger partial charge on any atom is -0.295 e. The molecular formula is C15H20O. The normalized spacial score (nSPS) is 11.5. The molecule has 0 aliphatic carbocycles. The second kappa shape index (κ2) is 7.00. The molecule has 1 heteroatoms. The summed E-state index contributed by atoms with van der Waals surface area (Å²) >= 11 is 0. The molecule has 0 unspecified atom stereocenters. The summed E-state index contributed by atoms with van der Waals surface area (Å²) in [6.45, 7) is 4.14. The minimum atomic E-state index is 0.245. The molecular weight excluding hydrogens is 196 g/mol. The van der Waals surface area contributed by atoms with Crippen LogP contribution in [-0.4, -0.2) is 5.78 Å². The van der Waals surface area contributed by atoms with Crippen molar-refractivity contribution < 1.29 is 4.79 Å². The second-order valence-electron chi connectivity index (χ2n) is 4.12. The summed E-state index contributed by atoms with van der Waals surface area (Å²) in [6, 6.07) is 10.0. The molecule has 86 valence electrons. The van der Waals surface area contributed by atoms with E-state index in [0.717, 1.165) is 30.4 Å². The fraction of sp³-hybridized carbons (Fsp3) is 0.400.